The molecule has 0 unspecified atom stereocenters. The van der Waals surface area contributed by atoms with Crippen molar-refractivity contribution in [1.82, 2.24) is 9.78 Å². The number of nitrogens with zero attached hydrogens (tertiary/aromatic N) is 2. The Morgan fingerprint density at radius 3 is 2.42 bits per heavy atom. The first kappa shape index (κ1) is 17.7. The Hall–Kier alpha value is -3.14. The smallest absolute Gasteiger partial charge is 0.189 e. The maximum atomic E-state index is 12.7. The molecular weight excluding hydrogens is 324 g/mol. The number of hydrogen-bond donors (Lipinski definition) is 0. The summed E-state index contributed by atoms with van der Waals surface area (Å²) in [7, 11) is 0. The van der Waals surface area contributed by atoms with E-state index in [1.165, 1.54) is 0 Å². The third-order valence-corrected chi connectivity index (χ3v) is 4.16. The van der Waals surface area contributed by atoms with Crippen LogP contribution in [0.3, 0.4) is 0 Å². The molecule has 2 aromatic carbocycles. The van der Waals surface area contributed by atoms with Crippen LogP contribution in [-0.4, -0.2) is 22.2 Å². The molecule has 26 heavy (non-hydrogen) atoms. The molecular formula is C22H22N2O2. The summed E-state index contributed by atoms with van der Waals surface area (Å²) in [6.07, 6.45) is 3.42. The zero-order valence-electron chi connectivity index (χ0n) is 15.3. The second kappa shape index (κ2) is 7.83. The molecule has 0 aliphatic carbocycles. The fourth-order valence-electron chi connectivity index (χ4n) is 2.92. The van der Waals surface area contributed by atoms with Gasteiger partial charge in [0.2, 0.25) is 0 Å². The summed E-state index contributed by atoms with van der Waals surface area (Å²) >= 11 is 0. The van der Waals surface area contributed by atoms with E-state index in [4.69, 9.17) is 4.74 Å². The molecule has 0 saturated heterocycles. The largest absolute Gasteiger partial charge is 0.494 e. The summed E-state index contributed by atoms with van der Waals surface area (Å²) in [6.45, 7) is 6.37. The molecule has 0 atom stereocenters. The van der Waals surface area contributed by atoms with Gasteiger partial charge in [-0.3, -0.25) is 4.79 Å². The molecule has 0 saturated carbocycles. The van der Waals surface area contributed by atoms with Crippen molar-refractivity contribution in [3.8, 4) is 11.4 Å². The summed E-state index contributed by atoms with van der Waals surface area (Å²) in [6, 6.07) is 17.5. The summed E-state index contributed by atoms with van der Waals surface area (Å²) in [5.41, 5.74) is 4.12. The minimum absolute atomic E-state index is 0.0453. The average molecular weight is 346 g/mol. The fraction of sp³-hybridized carbons (Fsp3) is 0.182. The molecule has 0 aliphatic rings. The van der Waals surface area contributed by atoms with Crippen LogP contribution in [0, 0.1) is 13.8 Å². The molecule has 0 N–H and O–H groups in total. The van der Waals surface area contributed by atoms with E-state index in [1.54, 1.807) is 6.08 Å². The number of carbonyl (C=O) groups is 1. The van der Waals surface area contributed by atoms with Gasteiger partial charge in [-0.15, -0.1) is 0 Å². The standard InChI is InChI=1S/C22H22N2O2/c1-4-26-20-13-10-18(11-14-20)12-15-21(25)22-16(2)23-24(17(22)3)19-8-6-5-7-9-19/h5-15H,4H2,1-3H3. The zero-order chi connectivity index (χ0) is 18.5. The van der Waals surface area contributed by atoms with Gasteiger partial charge in [0.15, 0.2) is 5.78 Å². The molecule has 0 aliphatic heterocycles. The van der Waals surface area contributed by atoms with Crippen LogP contribution in [0.2, 0.25) is 0 Å². The van der Waals surface area contributed by atoms with Crippen LogP contribution in [0.25, 0.3) is 11.8 Å². The quantitative estimate of drug-likeness (QED) is 0.476. The second-order valence-corrected chi connectivity index (χ2v) is 5.99. The van der Waals surface area contributed by atoms with Crippen LogP contribution in [-0.2, 0) is 0 Å². The Bertz CT molecular complexity index is 923. The number of hydrogen-bond acceptors (Lipinski definition) is 3. The van der Waals surface area contributed by atoms with E-state index in [9.17, 15) is 4.79 Å². The molecule has 132 valence electrons. The molecule has 4 nitrogen and oxygen atoms in total. The highest BCUT2D eigenvalue weighted by molar-refractivity contribution is 6.08. The highest BCUT2D eigenvalue weighted by atomic mass is 16.5. The number of rotatable bonds is 6. The number of para-hydroxylation sites is 1. The van der Waals surface area contributed by atoms with Crippen molar-refractivity contribution in [1.29, 1.82) is 0 Å². The summed E-state index contributed by atoms with van der Waals surface area (Å²) in [5, 5.41) is 4.53. The second-order valence-electron chi connectivity index (χ2n) is 5.99. The highest BCUT2D eigenvalue weighted by Crippen LogP contribution is 2.19. The molecule has 0 spiro atoms. The molecule has 0 bridgehead atoms. The summed E-state index contributed by atoms with van der Waals surface area (Å²) in [5.74, 6) is 0.780. The molecule has 0 fully saturated rings. The highest BCUT2D eigenvalue weighted by Gasteiger charge is 2.17. The van der Waals surface area contributed by atoms with Crippen LogP contribution in [0.4, 0.5) is 0 Å². The van der Waals surface area contributed by atoms with E-state index < -0.39 is 0 Å². The van der Waals surface area contributed by atoms with Gasteiger partial charge in [-0.05, 0) is 56.7 Å². The van der Waals surface area contributed by atoms with Crippen molar-refractivity contribution in [2.75, 3.05) is 6.61 Å². The lowest BCUT2D eigenvalue weighted by Gasteiger charge is -2.04. The topological polar surface area (TPSA) is 44.1 Å². The van der Waals surface area contributed by atoms with Crippen LogP contribution >= 0.6 is 0 Å². The monoisotopic (exact) mass is 346 g/mol. The van der Waals surface area contributed by atoms with Crippen LogP contribution in [0.5, 0.6) is 5.75 Å². The molecule has 1 aromatic heterocycles. The Labute approximate surface area is 153 Å². The number of aromatic nitrogens is 2. The van der Waals surface area contributed by atoms with Gasteiger partial charge in [-0.1, -0.05) is 36.4 Å². The third kappa shape index (κ3) is 3.75. The van der Waals surface area contributed by atoms with Gasteiger partial charge in [0.1, 0.15) is 5.75 Å². The van der Waals surface area contributed by atoms with Gasteiger partial charge < -0.3 is 4.74 Å². The third-order valence-electron chi connectivity index (χ3n) is 4.16. The normalized spacial score (nSPS) is 11.0. The lowest BCUT2D eigenvalue weighted by Crippen LogP contribution is -2.01. The van der Waals surface area contributed by atoms with E-state index in [0.29, 0.717) is 12.2 Å². The lowest BCUT2D eigenvalue weighted by molar-refractivity contribution is 0.104. The van der Waals surface area contributed by atoms with Crippen molar-refractivity contribution >= 4 is 11.9 Å². The number of ketones is 1. The van der Waals surface area contributed by atoms with Crippen molar-refractivity contribution in [3.05, 3.63) is 83.2 Å². The maximum absolute atomic E-state index is 12.7. The Balaban J connectivity index is 1.83. The summed E-state index contributed by atoms with van der Waals surface area (Å²) in [4.78, 5) is 12.7. The number of carbonyl (C=O) groups excluding carboxylic acids is 1. The van der Waals surface area contributed by atoms with Crippen LogP contribution in [0.15, 0.2) is 60.7 Å². The van der Waals surface area contributed by atoms with Gasteiger partial charge in [0.05, 0.1) is 29.2 Å². The first-order chi connectivity index (χ1) is 12.6. The molecule has 0 radical (unpaired) electrons. The minimum Gasteiger partial charge on any atom is -0.494 e. The van der Waals surface area contributed by atoms with Crippen LogP contribution in [0.1, 0.15) is 34.2 Å². The van der Waals surface area contributed by atoms with E-state index in [0.717, 1.165) is 28.4 Å². The average Bonchev–Trinajstić information content (AvgIpc) is 2.96. The van der Waals surface area contributed by atoms with Gasteiger partial charge in [-0.2, -0.15) is 5.10 Å². The van der Waals surface area contributed by atoms with Gasteiger partial charge in [-0.25, -0.2) is 4.68 Å². The Kier molecular flexibility index (Phi) is 5.32. The van der Waals surface area contributed by atoms with Crippen molar-refractivity contribution in [3.63, 3.8) is 0 Å². The Morgan fingerprint density at radius 1 is 1.08 bits per heavy atom. The van der Waals surface area contributed by atoms with Crippen LogP contribution < -0.4 is 4.74 Å². The first-order valence-corrected chi connectivity index (χ1v) is 8.67. The molecule has 0 amide bonds. The van der Waals surface area contributed by atoms with Crippen molar-refractivity contribution in [2.45, 2.75) is 20.8 Å². The van der Waals surface area contributed by atoms with Crippen molar-refractivity contribution < 1.29 is 9.53 Å². The lowest BCUT2D eigenvalue weighted by atomic mass is 10.1. The van der Waals surface area contributed by atoms with E-state index >= 15 is 0 Å². The molecule has 3 rings (SSSR count). The van der Waals surface area contributed by atoms with Gasteiger partial charge >= 0.3 is 0 Å². The molecule has 4 heteroatoms. The van der Waals surface area contributed by atoms with Gasteiger partial charge in [0.25, 0.3) is 0 Å². The SMILES string of the molecule is CCOc1ccc(C=CC(=O)c2c(C)nn(-c3ccccc3)c2C)cc1. The number of allylic oxidation sites excluding steroid dienone is 1. The van der Waals surface area contributed by atoms with E-state index in [1.807, 2.05) is 86.1 Å². The predicted octanol–water partition coefficient (Wildman–Crippen LogP) is 4.78. The zero-order valence-corrected chi connectivity index (χ0v) is 15.3. The summed E-state index contributed by atoms with van der Waals surface area (Å²) < 4.78 is 7.24. The van der Waals surface area contributed by atoms with Crippen molar-refractivity contribution in [2.24, 2.45) is 0 Å². The molecule has 3 aromatic rings. The fourth-order valence-corrected chi connectivity index (χ4v) is 2.92. The Morgan fingerprint density at radius 2 is 1.77 bits per heavy atom. The predicted molar refractivity (Wildman–Crippen MR) is 104 cm³/mol. The van der Waals surface area contributed by atoms with E-state index in [2.05, 4.69) is 5.10 Å². The first-order valence-electron chi connectivity index (χ1n) is 8.67. The minimum atomic E-state index is -0.0453. The molecule has 1 heterocycles. The maximum Gasteiger partial charge on any atom is 0.189 e. The van der Waals surface area contributed by atoms with Gasteiger partial charge in [0, 0.05) is 0 Å². The number of aryl methyl sites for hydroxylation is 1. The van der Waals surface area contributed by atoms with E-state index in [-0.39, 0.29) is 5.78 Å². The number of benzene rings is 2. The number of ether oxygens (including phenoxy) is 1.